The highest BCUT2D eigenvalue weighted by Crippen LogP contribution is 2.30. The van der Waals surface area contributed by atoms with Crippen molar-refractivity contribution in [3.63, 3.8) is 0 Å². The normalized spacial score (nSPS) is 20.6. The number of amides is 3. The molecule has 0 aromatic heterocycles. The molecule has 4 atom stereocenters. The van der Waals surface area contributed by atoms with Crippen LogP contribution in [-0.4, -0.2) is 46.4 Å². The second kappa shape index (κ2) is 9.97. The van der Waals surface area contributed by atoms with Gasteiger partial charge in [0, 0.05) is 12.6 Å². The van der Waals surface area contributed by atoms with E-state index in [4.69, 9.17) is 5.73 Å². The molecule has 3 rings (SSSR count). The van der Waals surface area contributed by atoms with Gasteiger partial charge in [0.2, 0.25) is 11.8 Å². The van der Waals surface area contributed by atoms with Gasteiger partial charge in [-0.25, -0.2) is 8.78 Å². The molecular weight excluding hydrogens is 420 g/mol. The lowest BCUT2D eigenvalue weighted by atomic mass is 9.89. The van der Waals surface area contributed by atoms with E-state index < -0.39 is 47.5 Å². The van der Waals surface area contributed by atoms with Gasteiger partial charge >= 0.3 is 0 Å². The fourth-order valence-electron chi connectivity index (χ4n) is 3.87. The maximum Gasteiger partial charge on any atom is 0.263 e. The zero-order chi connectivity index (χ0) is 23.4. The number of hydrogen-bond donors (Lipinski definition) is 3. The quantitative estimate of drug-likeness (QED) is 0.649. The molecule has 0 radical (unpaired) electrons. The summed E-state index contributed by atoms with van der Waals surface area (Å²) in [5.41, 5.74) is 6.28. The SMILES string of the molecule is C[C@H](N)C(=O)N(C(=O)[C@H](O)c1cc(F)cc(F)c1)[C@H]1C[C@@H](c2ccccc2)CCNC1=O. The highest BCUT2D eigenvalue weighted by Gasteiger charge is 2.41. The van der Waals surface area contributed by atoms with E-state index in [2.05, 4.69) is 5.32 Å². The Bertz CT molecular complexity index is 980. The molecule has 0 saturated carbocycles. The van der Waals surface area contributed by atoms with E-state index in [1.807, 2.05) is 30.3 Å². The number of nitrogens with two attached hydrogens (primary N) is 1. The lowest BCUT2D eigenvalue weighted by Crippen LogP contribution is -2.56. The molecule has 0 unspecified atom stereocenters. The molecule has 1 fully saturated rings. The number of hydrogen-bond acceptors (Lipinski definition) is 5. The van der Waals surface area contributed by atoms with Crippen LogP contribution in [0.3, 0.4) is 0 Å². The van der Waals surface area contributed by atoms with Crippen LogP contribution >= 0.6 is 0 Å². The standard InChI is InChI=1S/C23H25F2N3O4/c1-13(26)22(31)28(23(32)20(29)16-9-17(24)12-18(25)10-16)19-11-15(7-8-27-21(19)30)14-5-3-2-4-6-14/h2-6,9-10,12-13,15,19-20,29H,7-8,11,26H2,1H3,(H,27,30)/t13-,15-,19-,20+/m0/s1. The van der Waals surface area contributed by atoms with Gasteiger partial charge in [-0.3, -0.25) is 19.3 Å². The van der Waals surface area contributed by atoms with Gasteiger partial charge in [-0.1, -0.05) is 30.3 Å². The van der Waals surface area contributed by atoms with Crippen molar-refractivity contribution >= 4 is 17.7 Å². The Hall–Kier alpha value is -3.17. The molecule has 9 heteroatoms. The predicted molar refractivity (Wildman–Crippen MR) is 112 cm³/mol. The number of nitrogens with zero attached hydrogens (tertiary/aromatic N) is 1. The first kappa shape index (κ1) is 23.5. The Balaban J connectivity index is 1.98. The van der Waals surface area contributed by atoms with Crippen LogP contribution in [0.2, 0.25) is 0 Å². The van der Waals surface area contributed by atoms with Crippen molar-refractivity contribution in [1.29, 1.82) is 0 Å². The van der Waals surface area contributed by atoms with E-state index in [9.17, 15) is 28.3 Å². The Morgan fingerprint density at radius 3 is 2.34 bits per heavy atom. The van der Waals surface area contributed by atoms with Crippen molar-refractivity contribution in [3.8, 4) is 0 Å². The van der Waals surface area contributed by atoms with E-state index in [1.165, 1.54) is 6.92 Å². The van der Waals surface area contributed by atoms with Gasteiger partial charge in [-0.05, 0) is 48.9 Å². The Kier molecular flexibility index (Phi) is 7.32. The number of aliphatic hydroxyl groups excluding tert-OH is 1. The molecule has 0 spiro atoms. The van der Waals surface area contributed by atoms with E-state index in [-0.39, 0.29) is 17.9 Å². The summed E-state index contributed by atoms with van der Waals surface area (Å²) in [4.78, 5) is 39.5. The monoisotopic (exact) mass is 445 g/mol. The fraction of sp³-hybridized carbons (Fsp3) is 0.348. The first-order chi connectivity index (χ1) is 15.2. The summed E-state index contributed by atoms with van der Waals surface area (Å²) in [5, 5.41) is 13.3. The number of rotatable bonds is 5. The molecule has 1 aliphatic heterocycles. The van der Waals surface area contributed by atoms with Gasteiger partial charge in [0.1, 0.15) is 17.7 Å². The van der Waals surface area contributed by atoms with Crippen molar-refractivity contribution in [2.24, 2.45) is 5.73 Å². The largest absolute Gasteiger partial charge is 0.378 e. The van der Waals surface area contributed by atoms with Crippen molar-refractivity contribution in [3.05, 3.63) is 71.3 Å². The molecule has 7 nitrogen and oxygen atoms in total. The molecule has 3 amide bonds. The summed E-state index contributed by atoms with van der Waals surface area (Å²) in [7, 11) is 0. The average molecular weight is 445 g/mol. The molecule has 170 valence electrons. The lowest BCUT2D eigenvalue weighted by Gasteiger charge is -2.32. The molecule has 2 aromatic rings. The topological polar surface area (TPSA) is 113 Å². The van der Waals surface area contributed by atoms with Crippen molar-refractivity contribution < 1.29 is 28.3 Å². The number of imide groups is 1. The van der Waals surface area contributed by atoms with E-state index in [1.54, 1.807) is 0 Å². The van der Waals surface area contributed by atoms with Gasteiger partial charge < -0.3 is 16.2 Å². The zero-order valence-electron chi connectivity index (χ0n) is 17.5. The van der Waals surface area contributed by atoms with Crippen molar-refractivity contribution in [2.75, 3.05) is 6.54 Å². The lowest BCUT2D eigenvalue weighted by molar-refractivity contribution is -0.158. The first-order valence-corrected chi connectivity index (χ1v) is 10.3. The Morgan fingerprint density at radius 2 is 1.75 bits per heavy atom. The Morgan fingerprint density at radius 1 is 1.12 bits per heavy atom. The van der Waals surface area contributed by atoms with Gasteiger partial charge in [0.15, 0.2) is 6.10 Å². The minimum absolute atomic E-state index is 0.115. The summed E-state index contributed by atoms with van der Waals surface area (Å²) in [6, 6.07) is 9.11. The smallest absolute Gasteiger partial charge is 0.263 e. The van der Waals surface area contributed by atoms with Crippen molar-refractivity contribution in [2.45, 2.75) is 43.9 Å². The van der Waals surface area contributed by atoms with Crippen LogP contribution in [0.4, 0.5) is 8.78 Å². The van der Waals surface area contributed by atoms with E-state index >= 15 is 0 Å². The van der Waals surface area contributed by atoms with Crippen LogP contribution in [0.1, 0.15) is 42.9 Å². The van der Waals surface area contributed by atoms with Crippen LogP contribution in [0, 0.1) is 11.6 Å². The number of nitrogens with one attached hydrogen (secondary N) is 1. The average Bonchev–Trinajstić information content (AvgIpc) is 2.95. The number of carbonyl (C=O) groups excluding carboxylic acids is 3. The minimum Gasteiger partial charge on any atom is -0.378 e. The third kappa shape index (κ3) is 5.17. The van der Waals surface area contributed by atoms with Gasteiger partial charge in [0.25, 0.3) is 5.91 Å². The van der Waals surface area contributed by atoms with Crippen LogP contribution in [-0.2, 0) is 14.4 Å². The van der Waals surface area contributed by atoms with Crippen molar-refractivity contribution in [1.82, 2.24) is 10.2 Å². The molecule has 0 aliphatic carbocycles. The molecule has 1 saturated heterocycles. The van der Waals surface area contributed by atoms with Crippen LogP contribution < -0.4 is 11.1 Å². The predicted octanol–water partition coefficient (Wildman–Crippen LogP) is 1.76. The van der Waals surface area contributed by atoms with E-state index in [0.717, 1.165) is 17.7 Å². The Labute approximate surface area is 184 Å². The van der Waals surface area contributed by atoms with Gasteiger partial charge in [-0.2, -0.15) is 0 Å². The van der Waals surface area contributed by atoms with Gasteiger partial charge in [0.05, 0.1) is 6.04 Å². The highest BCUT2D eigenvalue weighted by atomic mass is 19.1. The third-order valence-electron chi connectivity index (χ3n) is 5.48. The molecule has 2 aromatic carbocycles. The second-order valence-electron chi connectivity index (χ2n) is 7.88. The fourth-order valence-corrected chi connectivity index (χ4v) is 3.87. The number of halogens is 2. The second-order valence-corrected chi connectivity index (χ2v) is 7.88. The zero-order valence-corrected chi connectivity index (χ0v) is 17.5. The number of benzene rings is 2. The summed E-state index contributed by atoms with van der Waals surface area (Å²) < 4.78 is 27.2. The first-order valence-electron chi connectivity index (χ1n) is 10.3. The molecular formula is C23H25F2N3O4. The molecule has 1 aliphatic rings. The van der Waals surface area contributed by atoms with E-state index in [0.29, 0.717) is 23.9 Å². The summed E-state index contributed by atoms with van der Waals surface area (Å²) in [6.07, 6.45) is -1.36. The van der Waals surface area contributed by atoms with Crippen LogP contribution in [0.15, 0.2) is 48.5 Å². The van der Waals surface area contributed by atoms with Crippen LogP contribution in [0.5, 0.6) is 0 Å². The highest BCUT2D eigenvalue weighted by molar-refractivity contribution is 6.03. The molecule has 0 bridgehead atoms. The molecule has 1 heterocycles. The van der Waals surface area contributed by atoms with Crippen LogP contribution in [0.25, 0.3) is 0 Å². The third-order valence-corrected chi connectivity index (χ3v) is 5.48. The number of aliphatic hydroxyl groups is 1. The van der Waals surface area contributed by atoms with Gasteiger partial charge in [-0.15, -0.1) is 0 Å². The summed E-state index contributed by atoms with van der Waals surface area (Å²) in [6.45, 7) is 1.68. The molecule has 4 N–H and O–H groups in total. The maximum atomic E-state index is 13.6. The summed E-state index contributed by atoms with van der Waals surface area (Å²) in [5.74, 6) is -4.75. The minimum atomic E-state index is -2.06. The molecule has 32 heavy (non-hydrogen) atoms. The summed E-state index contributed by atoms with van der Waals surface area (Å²) >= 11 is 0. The maximum absolute atomic E-state index is 13.6. The number of carbonyl (C=O) groups is 3.